The molecule has 1 saturated heterocycles. The van der Waals surface area contributed by atoms with Crippen molar-refractivity contribution in [2.45, 2.75) is 32.1 Å². The maximum absolute atomic E-state index is 12.7. The standard InChI is InChI=1S/C19H22ClN3O2S/c1-13-14(2)21-12-23(19(13)25)11-18(24)22-8-7-17(26-10-9-22)15-5-3-4-6-16(15)20/h3-6,12,17H,7-11H2,1-2H3/t17-/m0/s1. The van der Waals surface area contributed by atoms with E-state index in [0.29, 0.717) is 24.3 Å². The van der Waals surface area contributed by atoms with Crippen molar-refractivity contribution in [3.8, 4) is 0 Å². The lowest BCUT2D eigenvalue weighted by Gasteiger charge is -2.21. The Hall–Kier alpha value is -1.79. The minimum absolute atomic E-state index is 0.0361. The van der Waals surface area contributed by atoms with E-state index in [0.717, 1.165) is 22.8 Å². The number of hydrogen-bond acceptors (Lipinski definition) is 4. The van der Waals surface area contributed by atoms with Crippen LogP contribution in [0.25, 0.3) is 0 Å². The molecule has 1 aliphatic heterocycles. The number of rotatable bonds is 3. The number of aryl methyl sites for hydroxylation is 1. The van der Waals surface area contributed by atoms with Crippen molar-refractivity contribution < 1.29 is 4.79 Å². The van der Waals surface area contributed by atoms with Gasteiger partial charge in [-0.25, -0.2) is 4.98 Å². The van der Waals surface area contributed by atoms with Crippen LogP contribution in [0.1, 0.15) is 28.5 Å². The summed E-state index contributed by atoms with van der Waals surface area (Å²) in [5.74, 6) is 0.805. The molecule has 0 bridgehead atoms. The third-order valence-corrected chi connectivity index (χ3v) is 6.42. The van der Waals surface area contributed by atoms with E-state index in [1.165, 1.54) is 10.9 Å². The van der Waals surface area contributed by atoms with Gasteiger partial charge in [-0.2, -0.15) is 11.8 Å². The molecule has 1 aromatic carbocycles. The molecule has 1 fully saturated rings. The summed E-state index contributed by atoms with van der Waals surface area (Å²) in [6, 6.07) is 7.88. The van der Waals surface area contributed by atoms with Gasteiger partial charge in [0.15, 0.2) is 0 Å². The molecular weight excluding hydrogens is 370 g/mol. The molecule has 26 heavy (non-hydrogen) atoms. The first-order chi connectivity index (χ1) is 12.5. The maximum Gasteiger partial charge on any atom is 0.256 e. The predicted molar refractivity (Wildman–Crippen MR) is 106 cm³/mol. The quantitative estimate of drug-likeness (QED) is 0.806. The molecule has 138 valence electrons. The van der Waals surface area contributed by atoms with Crippen molar-refractivity contribution in [3.63, 3.8) is 0 Å². The zero-order chi connectivity index (χ0) is 18.7. The number of halogens is 1. The van der Waals surface area contributed by atoms with Crippen LogP contribution in [0.4, 0.5) is 0 Å². The van der Waals surface area contributed by atoms with Crippen LogP contribution in [0.15, 0.2) is 35.4 Å². The molecular formula is C19H22ClN3O2S. The highest BCUT2D eigenvalue weighted by Crippen LogP contribution is 2.37. The topological polar surface area (TPSA) is 55.2 Å². The maximum atomic E-state index is 12.7. The molecule has 2 heterocycles. The smallest absolute Gasteiger partial charge is 0.256 e. The van der Waals surface area contributed by atoms with Crippen molar-refractivity contribution in [1.29, 1.82) is 0 Å². The molecule has 1 amide bonds. The first-order valence-corrected chi connectivity index (χ1v) is 10.1. The number of carbonyl (C=O) groups excluding carboxylic acids is 1. The minimum atomic E-state index is -0.149. The van der Waals surface area contributed by atoms with Gasteiger partial charge >= 0.3 is 0 Å². The van der Waals surface area contributed by atoms with Gasteiger partial charge in [-0.3, -0.25) is 14.2 Å². The monoisotopic (exact) mass is 391 g/mol. The van der Waals surface area contributed by atoms with Gasteiger partial charge < -0.3 is 4.90 Å². The molecule has 0 unspecified atom stereocenters. The van der Waals surface area contributed by atoms with Crippen molar-refractivity contribution >= 4 is 29.3 Å². The van der Waals surface area contributed by atoms with Crippen LogP contribution in [0.2, 0.25) is 5.02 Å². The largest absolute Gasteiger partial charge is 0.340 e. The lowest BCUT2D eigenvalue weighted by molar-refractivity contribution is -0.131. The number of benzene rings is 1. The molecule has 0 saturated carbocycles. The lowest BCUT2D eigenvalue weighted by atomic mass is 10.1. The first kappa shape index (κ1) is 19.0. The molecule has 0 N–H and O–H groups in total. The average molecular weight is 392 g/mol. The van der Waals surface area contributed by atoms with E-state index < -0.39 is 0 Å². The number of aromatic nitrogens is 2. The Morgan fingerprint density at radius 1 is 1.31 bits per heavy atom. The molecule has 3 rings (SSSR count). The Labute approximate surface area is 162 Å². The third kappa shape index (κ3) is 4.13. The van der Waals surface area contributed by atoms with E-state index in [1.54, 1.807) is 13.8 Å². The Kier molecular flexibility index (Phi) is 6.04. The van der Waals surface area contributed by atoms with Crippen LogP contribution in [-0.4, -0.2) is 39.2 Å². The zero-order valence-corrected chi connectivity index (χ0v) is 16.5. The number of hydrogen-bond donors (Lipinski definition) is 0. The average Bonchev–Trinajstić information content (AvgIpc) is 2.89. The summed E-state index contributed by atoms with van der Waals surface area (Å²) in [6.45, 7) is 4.91. The zero-order valence-electron chi connectivity index (χ0n) is 14.9. The van der Waals surface area contributed by atoms with E-state index in [1.807, 2.05) is 34.9 Å². The Morgan fingerprint density at radius 3 is 2.85 bits per heavy atom. The fraction of sp³-hybridized carbons (Fsp3) is 0.421. The van der Waals surface area contributed by atoms with Crippen LogP contribution in [-0.2, 0) is 11.3 Å². The Balaban J connectivity index is 1.68. The second-order valence-electron chi connectivity index (χ2n) is 6.44. The van der Waals surface area contributed by atoms with Gasteiger partial charge in [0.2, 0.25) is 5.91 Å². The van der Waals surface area contributed by atoms with E-state index in [9.17, 15) is 9.59 Å². The summed E-state index contributed by atoms with van der Waals surface area (Å²) >= 11 is 8.15. The second kappa shape index (κ2) is 8.27. The summed E-state index contributed by atoms with van der Waals surface area (Å²) in [5, 5.41) is 1.06. The summed E-state index contributed by atoms with van der Waals surface area (Å²) in [5.41, 5.74) is 2.27. The van der Waals surface area contributed by atoms with E-state index >= 15 is 0 Å². The van der Waals surface area contributed by atoms with Gasteiger partial charge in [-0.05, 0) is 31.9 Å². The highest BCUT2D eigenvalue weighted by Gasteiger charge is 2.23. The fourth-order valence-electron chi connectivity index (χ4n) is 3.04. The number of thioether (sulfide) groups is 1. The van der Waals surface area contributed by atoms with Gasteiger partial charge in [0, 0.05) is 40.4 Å². The highest BCUT2D eigenvalue weighted by molar-refractivity contribution is 7.99. The predicted octanol–water partition coefficient (Wildman–Crippen LogP) is 3.22. The highest BCUT2D eigenvalue weighted by atomic mass is 35.5. The third-order valence-electron chi connectivity index (χ3n) is 4.77. The van der Waals surface area contributed by atoms with Gasteiger partial charge in [0.1, 0.15) is 6.54 Å². The SMILES string of the molecule is Cc1ncn(CC(=O)N2CCS[C@H](c3ccccc3Cl)CC2)c(=O)c1C. The van der Waals surface area contributed by atoms with Gasteiger partial charge in [0.05, 0.1) is 6.33 Å². The molecule has 0 radical (unpaired) electrons. The van der Waals surface area contributed by atoms with Gasteiger partial charge in [-0.1, -0.05) is 29.8 Å². The van der Waals surface area contributed by atoms with Crippen LogP contribution in [0.3, 0.4) is 0 Å². The van der Waals surface area contributed by atoms with Crippen LogP contribution >= 0.6 is 23.4 Å². The number of carbonyl (C=O) groups is 1. The normalized spacial score (nSPS) is 17.8. The molecule has 1 atom stereocenters. The van der Waals surface area contributed by atoms with Gasteiger partial charge in [0.25, 0.3) is 5.56 Å². The molecule has 1 aliphatic rings. The number of nitrogens with zero attached hydrogens (tertiary/aromatic N) is 3. The number of amides is 1. The van der Waals surface area contributed by atoms with Crippen molar-refractivity contribution in [1.82, 2.24) is 14.5 Å². The molecule has 5 nitrogen and oxygen atoms in total. The lowest BCUT2D eigenvalue weighted by Crippen LogP contribution is -2.38. The fourth-order valence-corrected chi connectivity index (χ4v) is 4.64. The second-order valence-corrected chi connectivity index (χ2v) is 8.16. The summed E-state index contributed by atoms with van der Waals surface area (Å²) < 4.78 is 1.40. The molecule has 2 aromatic rings. The van der Waals surface area contributed by atoms with E-state index in [2.05, 4.69) is 11.1 Å². The minimum Gasteiger partial charge on any atom is -0.340 e. The van der Waals surface area contributed by atoms with Crippen LogP contribution in [0, 0.1) is 13.8 Å². The Morgan fingerprint density at radius 2 is 2.08 bits per heavy atom. The van der Waals surface area contributed by atoms with Gasteiger partial charge in [-0.15, -0.1) is 0 Å². The first-order valence-electron chi connectivity index (χ1n) is 8.64. The van der Waals surface area contributed by atoms with Crippen molar-refractivity contribution in [2.24, 2.45) is 0 Å². The molecule has 0 aliphatic carbocycles. The summed E-state index contributed by atoms with van der Waals surface area (Å²) in [7, 11) is 0. The van der Waals surface area contributed by atoms with Crippen molar-refractivity contribution in [3.05, 3.63) is 62.8 Å². The molecule has 0 spiro atoms. The molecule has 1 aromatic heterocycles. The van der Waals surface area contributed by atoms with Crippen molar-refractivity contribution in [2.75, 3.05) is 18.8 Å². The molecule has 7 heteroatoms. The van der Waals surface area contributed by atoms with E-state index in [-0.39, 0.29) is 23.3 Å². The van der Waals surface area contributed by atoms with Crippen LogP contribution < -0.4 is 5.56 Å². The van der Waals surface area contributed by atoms with E-state index in [4.69, 9.17) is 11.6 Å². The summed E-state index contributed by atoms with van der Waals surface area (Å²) in [6.07, 6.45) is 2.31. The Bertz CT molecular complexity index is 868. The van der Waals surface area contributed by atoms with Crippen LogP contribution in [0.5, 0.6) is 0 Å². The summed E-state index contributed by atoms with van der Waals surface area (Å²) in [4.78, 5) is 31.0.